The van der Waals surface area contributed by atoms with Crippen molar-refractivity contribution in [2.24, 2.45) is 0 Å². The number of anilines is 2. The monoisotopic (exact) mass is 300 g/mol. The molecule has 0 aliphatic rings. The zero-order valence-electron chi connectivity index (χ0n) is 10.4. The van der Waals surface area contributed by atoms with Gasteiger partial charge in [0, 0.05) is 0 Å². The summed E-state index contributed by atoms with van der Waals surface area (Å²) in [6.07, 6.45) is 0. The quantitative estimate of drug-likeness (QED) is 0.755. The van der Waals surface area contributed by atoms with E-state index in [1.807, 2.05) is 0 Å². The van der Waals surface area contributed by atoms with Crippen molar-refractivity contribution >= 4 is 33.0 Å². The lowest BCUT2D eigenvalue weighted by atomic mass is 10.3. The van der Waals surface area contributed by atoms with Gasteiger partial charge in [-0.2, -0.15) is 5.10 Å². The lowest BCUT2D eigenvalue weighted by Gasteiger charge is -2.09. The summed E-state index contributed by atoms with van der Waals surface area (Å²) in [5.41, 5.74) is 7.18. The number of H-pyrrole nitrogens is 1. The van der Waals surface area contributed by atoms with Crippen LogP contribution in [-0.4, -0.2) is 18.6 Å². The van der Waals surface area contributed by atoms with Crippen molar-refractivity contribution in [2.45, 2.75) is 18.7 Å². The Morgan fingerprint density at radius 2 is 2.05 bits per heavy atom. The average Bonchev–Trinajstić information content (AvgIpc) is 2.64. The van der Waals surface area contributed by atoms with Gasteiger partial charge in [-0.1, -0.05) is 11.6 Å². The van der Waals surface area contributed by atoms with Crippen molar-refractivity contribution in [1.82, 2.24) is 10.2 Å². The molecular formula is C11H13ClN4O2S. The highest BCUT2D eigenvalue weighted by Crippen LogP contribution is 2.25. The fourth-order valence-corrected chi connectivity index (χ4v) is 3.29. The average molecular weight is 301 g/mol. The maximum atomic E-state index is 12.3. The van der Waals surface area contributed by atoms with Crippen LogP contribution in [-0.2, 0) is 10.0 Å². The molecule has 6 nitrogen and oxygen atoms in total. The van der Waals surface area contributed by atoms with Crippen LogP contribution >= 0.6 is 11.6 Å². The van der Waals surface area contributed by atoms with E-state index in [0.29, 0.717) is 27.8 Å². The Hall–Kier alpha value is -1.73. The summed E-state index contributed by atoms with van der Waals surface area (Å²) in [4.78, 5) is 0.140. The topological polar surface area (TPSA) is 101 Å². The van der Waals surface area contributed by atoms with E-state index in [2.05, 4.69) is 14.9 Å². The molecule has 0 fully saturated rings. The summed E-state index contributed by atoms with van der Waals surface area (Å²) in [6, 6.07) is 4.54. The number of sulfonamides is 1. The molecule has 2 rings (SSSR count). The smallest absolute Gasteiger partial charge is 0.265 e. The predicted molar refractivity (Wildman–Crippen MR) is 74.7 cm³/mol. The molecule has 8 heteroatoms. The minimum atomic E-state index is -3.70. The molecule has 102 valence electrons. The Morgan fingerprint density at radius 3 is 2.58 bits per heavy atom. The first-order chi connectivity index (χ1) is 8.81. The molecule has 0 atom stereocenters. The molecule has 19 heavy (non-hydrogen) atoms. The third kappa shape index (κ3) is 2.66. The number of hydrogen-bond acceptors (Lipinski definition) is 4. The van der Waals surface area contributed by atoms with Gasteiger partial charge in [0.05, 0.1) is 27.8 Å². The number of nitrogens with zero attached hydrogens (tertiary/aromatic N) is 1. The van der Waals surface area contributed by atoms with Crippen molar-refractivity contribution in [3.05, 3.63) is 34.6 Å². The second-order valence-corrected chi connectivity index (χ2v) is 6.13. The van der Waals surface area contributed by atoms with Crippen LogP contribution in [0.3, 0.4) is 0 Å². The number of aromatic amines is 1. The van der Waals surface area contributed by atoms with Crippen molar-refractivity contribution in [1.29, 1.82) is 0 Å². The Morgan fingerprint density at radius 1 is 1.37 bits per heavy atom. The third-order valence-electron chi connectivity index (χ3n) is 2.58. The van der Waals surface area contributed by atoms with E-state index in [-0.39, 0.29) is 4.90 Å². The van der Waals surface area contributed by atoms with Gasteiger partial charge >= 0.3 is 0 Å². The van der Waals surface area contributed by atoms with Gasteiger partial charge in [-0.05, 0) is 32.0 Å². The van der Waals surface area contributed by atoms with Crippen LogP contribution in [0.1, 0.15) is 11.4 Å². The normalized spacial score (nSPS) is 11.5. The third-order valence-corrected chi connectivity index (χ3v) is 4.57. The van der Waals surface area contributed by atoms with E-state index in [1.165, 1.54) is 12.1 Å². The predicted octanol–water partition coefficient (Wildman–Crippen LogP) is 2.06. The zero-order valence-corrected chi connectivity index (χ0v) is 11.9. The summed E-state index contributed by atoms with van der Waals surface area (Å²) in [6.45, 7) is 3.26. The summed E-state index contributed by atoms with van der Waals surface area (Å²) < 4.78 is 27.0. The number of nitrogens with one attached hydrogen (secondary N) is 2. The van der Waals surface area contributed by atoms with Gasteiger partial charge in [-0.3, -0.25) is 9.82 Å². The summed E-state index contributed by atoms with van der Waals surface area (Å²) in [7, 11) is -3.70. The first-order valence-electron chi connectivity index (χ1n) is 5.40. The van der Waals surface area contributed by atoms with Crippen molar-refractivity contribution in [3.63, 3.8) is 0 Å². The molecule has 0 saturated heterocycles. The zero-order chi connectivity index (χ0) is 14.2. The van der Waals surface area contributed by atoms with Crippen LogP contribution in [0.5, 0.6) is 0 Å². The maximum absolute atomic E-state index is 12.3. The second-order valence-electron chi connectivity index (χ2n) is 4.10. The van der Waals surface area contributed by atoms with Crippen LogP contribution < -0.4 is 10.5 Å². The fraction of sp³-hybridized carbons (Fsp3) is 0.182. The van der Waals surface area contributed by atoms with Crippen LogP contribution in [0.4, 0.5) is 11.4 Å². The van der Waals surface area contributed by atoms with E-state index in [4.69, 9.17) is 17.3 Å². The Kier molecular flexibility index (Phi) is 3.42. The van der Waals surface area contributed by atoms with Crippen molar-refractivity contribution < 1.29 is 8.42 Å². The molecule has 0 aliphatic carbocycles. The number of nitrogen functional groups attached to an aromatic ring is 1. The highest BCUT2D eigenvalue weighted by atomic mass is 35.5. The molecule has 4 N–H and O–H groups in total. The Bertz CT molecular complexity index is 705. The van der Waals surface area contributed by atoms with E-state index in [1.54, 1.807) is 19.9 Å². The SMILES string of the molecule is Cc1n[nH]c(C)c1S(=O)(=O)Nc1ccc(Cl)c(N)c1. The minimum Gasteiger partial charge on any atom is -0.397 e. The molecule has 0 bridgehead atoms. The van der Waals surface area contributed by atoms with Crippen LogP contribution in [0.2, 0.25) is 5.02 Å². The van der Waals surface area contributed by atoms with E-state index in [9.17, 15) is 8.42 Å². The first-order valence-corrected chi connectivity index (χ1v) is 7.27. The number of benzene rings is 1. The fourth-order valence-electron chi connectivity index (χ4n) is 1.75. The van der Waals surface area contributed by atoms with E-state index < -0.39 is 10.0 Å². The molecular weight excluding hydrogens is 288 g/mol. The largest absolute Gasteiger partial charge is 0.397 e. The van der Waals surface area contributed by atoms with E-state index in [0.717, 1.165) is 0 Å². The molecule has 1 aromatic heterocycles. The van der Waals surface area contributed by atoms with Crippen LogP contribution in [0, 0.1) is 13.8 Å². The van der Waals surface area contributed by atoms with Crippen LogP contribution in [0.25, 0.3) is 0 Å². The number of rotatable bonds is 3. The number of halogens is 1. The number of nitrogens with two attached hydrogens (primary N) is 1. The maximum Gasteiger partial charge on any atom is 0.265 e. The van der Waals surface area contributed by atoms with Gasteiger partial charge in [0.2, 0.25) is 0 Å². The summed E-state index contributed by atoms with van der Waals surface area (Å²) in [5.74, 6) is 0. The van der Waals surface area contributed by atoms with Gasteiger partial charge in [0.15, 0.2) is 0 Å². The van der Waals surface area contributed by atoms with Crippen molar-refractivity contribution in [2.75, 3.05) is 10.5 Å². The molecule has 0 spiro atoms. The molecule has 0 aliphatic heterocycles. The van der Waals surface area contributed by atoms with Crippen LogP contribution in [0.15, 0.2) is 23.1 Å². The Balaban J connectivity index is 2.39. The highest BCUT2D eigenvalue weighted by Gasteiger charge is 2.22. The molecule has 1 aromatic carbocycles. The summed E-state index contributed by atoms with van der Waals surface area (Å²) in [5, 5.41) is 6.87. The molecule has 0 saturated carbocycles. The number of hydrogen-bond donors (Lipinski definition) is 3. The highest BCUT2D eigenvalue weighted by molar-refractivity contribution is 7.92. The molecule has 0 radical (unpaired) electrons. The lowest BCUT2D eigenvalue weighted by Crippen LogP contribution is -2.14. The van der Waals surface area contributed by atoms with Gasteiger partial charge in [0.25, 0.3) is 10.0 Å². The van der Waals surface area contributed by atoms with Gasteiger partial charge < -0.3 is 5.73 Å². The molecule has 0 amide bonds. The molecule has 1 heterocycles. The summed E-state index contributed by atoms with van der Waals surface area (Å²) >= 11 is 5.78. The number of aromatic nitrogens is 2. The molecule has 2 aromatic rings. The molecule has 0 unspecified atom stereocenters. The second kappa shape index (κ2) is 4.75. The number of aryl methyl sites for hydroxylation is 2. The van der Waals surface area contributed by atoms with Gasteiger partial charge in [0.1, 0.15) is 4.90 Å². The van der Waals surface area contributed by atoms with Crippen molar-refractivity contribution in [3.8, 4) is 0 Å². The lowest BCUT2D eigenvalue weighted by molar-refractivity contribution is 0.600. The van der Waals surface area contributed by atoms with E-state index >= 15 is 0 Å². The first kappa shape index (κ1) is 13.7. The standard InChI is InChI=1S/C11H13ClN4O2S/c1-6-11(7(2)15-14-6)19(17,18)16-8-3-4-9(12)10(13)5-8/h3-5,16H,13H2,1-2H3,(H,14,15). The minimum absolute atomic E-state index is 0.140. The van der Waals surface area contributed by atoms with Gasteiger partial charge in [-0.25, -0.2) is 8.42 Å². The Labute approximate surface area is 116 Å². The van der Waals surface area contributed by atoms with Gasteiger partial charge in [-0.15, -0.1) is 0 Å².